The van der Waals surface area contributed by atoms with Gasteiger partial charge in [-0.25, -0.2) is 4.79 Å². The van der Waals surface area contributed by atoms with Crippen LogP contribution < -0.4 is 9.80 Å². The predicted molar refractivity (Wildman–Crippen MR) is 110 cm³/mol. The molecule has 1 aromatic heterocycles. The number of nitrogens with zero attached hydrogens (tertiary/aromatic N) is 7. The van der Waals surface area contributed by atoms with E-state index in [-0.39, 0.29) is 11.9 Å². The highest BCUT2D eigenvalue weighted by atomic mass is 16.6. The second kappa shape index (κ2) is 8.80. The molecule has 0 atom stereocenters. The third-order valence-electron chi connectivity index (χ3n) is 5.36. The van der Waals surface area contributed by atoms with Crippen LogP contribution in [0.1, 0.15) is 58.7 Å². The fraction of sp³-hybridized carbons (Fsp3) is 0.750. The molecule has 1 saturated carbocycles. The first-order valence-corrected chi connectivity index (χ1v) is 10.4. The number of hydrogen-bond donors (Lipinski definition) is 0. The van der Waals surface area contributed by atoms with E-state index in [9.17, 15) is 10.1 Å². The van der Waals surface area contributed by atoms with E-state index in [0.717, 1.165) is 12.8 Å². The quantitative estimate of drug-likeness (QED) is 0.762. The Bertz CT molecular complexity index is 757. The van der Waals surface area contributed by atoms with Gasteiger partial charge in [-0.05, 0) is 33.6 Å². The van der Waals surface area contributed by atoms with E-state index in [1.807, 2.05) is 32.7 Å². The molecule has 0 unspecified atom stereocenters. The lowest BCUT2D eigenvalue weighted by atomic mass is 9.95. The molecule has 1 amide bonds. The van der Waals surface area contributed by atoms with Crippen molar-refractivity contribution in [1.82, 2.24) is 19.9 Å². The van der Waals surface area contributed by atoms with Crippen LogP contribution in [0.25, 0.3) is 0 Å². The summed E-state index contributed by atoms with van der Waals surface area (Å²) in [5.74, 6) is 1.17. The minimum Gasteiger partial charge on any atom is -0.444 e. The molecule has 2 fully saturated rings. The molecule has 0 spiro atoms. The third-order valence-corrected chi connectivity index (χ3v) is 5.36. The molecule has 0 bridgehead atoms. The molecule has 1 aliphatic carbocycles. The summed E-state index contributed by atoms with van der Waals surface area (Å²) in [6.45, 7) is 7.80. The number of hydrogen-bond acceptors (Lipinski definition) is 8. The van der Waals surface area contributed by atoms with Crippen LogP contribution in [0.2, 0.25) is 0 Å². The first kappa shape index (κ1) is 21.1. The van der Waals surface area contributed by atoms with Crippen LogP contribution in [0.4, 0.5) is 16.7 Å². The van der Waals surface area contributed by atoms with Crippen LogP contribution in [-0.4, -0.2) is 70.8 Å². The Kier molecular flexibility index (Phi) is 6.40. The fourth-order valence-corrected chi connectivity index (χ4v) is 3.75. The monoisotopic (exact) mass is 401 g/mol. The van der Waals surface area contributed by atoms with E-state index in [1.54, 1.807) is 4.90 Å². The van der Waals surface area contributed by atoms with Crippen LogP contribution in [-0.2, 0) is 4.74 Å². The number of carbonyl (C=O) groups excluding carboxylic acids is 1. The van der Waals surface area contributed by atoms with Crippen molar-refractivity contribution in [2.45, 2.75) is 64.5 Å². The molecule has 2 heterocycles. The fourth-order valence-electron chi connectivity index (χ4n) is 3.75. The van der Waals surface area contributed by atoms with E-state index in [2.05, 4.69) is 25.9 Å². The SMILES string of the molecule is CN(c1nc(C#N)nc(N2CCN(C(=O)OC(C)(C)C)CC2)n1)C1CCCCC1. The van der Waals surface area contributed by atoms with Gasteiger partial charge in [0, 0.05) is 39.3 Å². The summed E-state index contributed by atoms with van der Waals surface area (Å²) in [6.07, 6.45) is 5.64. The van der Waals surface area contributed by atoms with E-state index >= 15 is 0 Å². The average Bonchev–Trinajstić information content (AvgIpc) is 2.72. The Morgan fingerprint density at radius 2 is 1.76 bits per heavy atom. The number of aromatic nitrogens is 3. The number of carbonyl (C=O) groups is 1. The standard InChI is InChI=1S/C20H31N7O2/c1-20(2,3)29-19(28)27-12-10-26(11-13-27)18-23-16(14-21)22-17(24-18)25(4)15-8-6-5-7-9-15/h15H,5-13H2,1-4H3. The summed E-state index contributed by atoms with van der Waals surface area (Å²) >= 11 is 0. The molecule has 1 aromatic rings. The minimum atomic E-state index is -0.511. The summed E-state index contributed by atoms with van der Waals surface area (Å²) in [7, 11) is 2.00. The van der Waals surface area contributed by atoms with Crippen molar-refractivity contribution in [3.63, 3.8) is 0 Å². The Morgan fingerprint density at radius 3 is 2.34 bits per heavy atom. The Hall–Kier alpha value is -2.63. The van der Waals surface area contributed by atoms with Crippen molar-refractivity contribution < 1.29 is 9.53 Å². The molecule has 1 aliphatic heterocycles. The smallest absolute Gasteiger partial charge is 0.410 e. The van der Waals surface area contributed by atoms with E-state index in [0.29, 0.717) is 44.1 Å². The summed E-state index contributed by atoms with van der Waals surface area (Å²) in [4.78, 5) is 31.4. The highest BCUT2D eigenvalue weighted by molar-refractivity contribution is 5.68. The molecule has 158 valence electrons. The predicted octanol–water partition coefficient (Wildman–Crippen LogP) is 2.57. The largest absolute Gasteiger partial charge is 0.444 e. The molecule has 0 N–H and O–H groups in total. The molecular formula is C20H31N7O2. The molecule has 0 radical (unpaired) electrons. The van der Waals surface area contributed by atoms with Gasteiger partial charge in [-0.3, -0.25) is 0 Å². The maximum absolute atomic E-state index is 12.3. The Labute approximate surface area is 172 Å². The van der Waals surface area contributed by atoms with Crippen molar-refractivity contribution in [2.24, 2.45) is 0 Å². The summed E-state index contributed by atoms with van der Waals surface area (Å²) in [5.41, 5.74) is -0.511. The summed E-state index contributed by atoms with van der Waals surface area (Å²) in [5, 5.41) is 9.39. The first-order valence-electron chi connectivity index (χ1n) is 10.4. The molecule has 0 aromatic carbocycles. The van der Waals surface area contributed by atoms with Gasteiger partial charge in [-0.1, -0.05) is 19.3 Å². The van der Waals surface area contributed by atoms with Gasteiger partial charge >= 0.3 is 6.09 Å². The Balaban J connectivity index is 1.69. The van der Waals surface area contributed by atoms with E-state index in [4.69, 9.17) is 4.74 Å². The van der Waals surface area contributed by atoms with Gasteiger partial charge in [-0.15, -0.1) is 0 Å². The minimum absolute atomic E-state index is 0.127. The second-order valence-corrected chi connectivity index (χ2v) is 8.73. The van der Waals surface area contributed by atoms with Crippen LogP contribution in [0, 0.1) is 11.3 Å². The van der Waals surface area contributed by atoms with E-state index in [1.165, 1.54) is 19.3 Å². The van der Waals surface area contributed by atoms with Gasteiger partial charge in [0.2, 0.25) is 17.7 Å². The van der Waals surface area contributed by atoms with Crippen molar-refractivity contribution in [3.8, 4) is 6.07 Å². The zero-order valence-electron chi connectivity index (χ0n) is 17.9. The molecule has 9 heteroatoms. The number of nitriles is 1. The zero-order chi connectivity index (χ0) is 21.0. The molecule has 29 heavy (non-hydrogen) atoms. The third kappa shape index (κ3) is 5.46. The topological polar surface area (TPSA) is 98.5 Å². The average molecular weight is 402 g/mol. The molecule has 9 nitrogen and oxygen atoms in total. The Morgan fingerprint density at radius 1 is 1.10 bits per heavy atom. The number of rotatable bonds is 3. The molecule has 2 aliphatic rings. The zero-order valence-corrected chi connectivity index (χ0v) is 17.9. The van der Waals surface area contributed by atoms with Gasteiger partial charge in [-0.2, -0.15) is 20.2 Å². The van der Waals surface area contributed by atoms with Gasteiger partial charge in [0.25, 0.3) is 0 Å². The molecule has 1 saturated heterocycles. The van der Waals surface area contributed by atoms with Crippen LogP contribution in [0.3, 0.4) is 0 Å². The maximum atomic E-state index is 12.3. The van der Waals surface area contributed by atoms with Gasteiger partial charge in [0.05, 0.1) is 0 Å². The van der Waals surface area contributed by atoms with Gasteiger partial charge in [0.15, 0.2) is 0 Å². The summed E-state index contributed by atoms with van der Waals surface area (Å²) < 4.78 is 5.45. The first-order chi connectivity index (χ1) is 13.8. The number of ether oxygens (including phenoxy) is 1. The van der Waals surface area contributed by atoms with Crippen molar-refractivity contribution >= 4 is 18.0 Å². The number of piperazine rings is 1. The molecular weight excluding hydrogens is 370 g/mol. The van der Waals surface area contributed by atoms with Gasteiger partial charge in [0.1, 0.15) is 11.7 Å². The van der Waals surface area contributed by atoms with Crippen LogP contribution >= 0.6 is 0 Å². The number of amides is 1. The van der Waals surface area contributed by atoms with Crippen molar-refractivity contribution in [1.29, 1.82) is 5.26 Å². The van der Waals surface area contributed by atoms with Crippen molar-refractivity contribution in [2.75, 3.05) is 43.0 Å². The normalized spacial score (nSPS) is 18.3. The van der Waals surface area contributed by atoms with Crippen LogP contribution in [0.5, 0.6) is 0 Å². The lowest BCUT2D eigenvalue weighted by molar-refractivity contribution is 0.0240. The van der Waals surface area contributed by atoms with Crippen molar-refractivity contribution in [3.05, 3.63) is 5.82 Å². The van der Waals surface area contributed by atoms with Gasteiger partial charge < -0.3 is 19.4 Å². The lowest BCUT2D eigenvalue weighted by Gasteiger charge is -2.36. The number of anilines is 2. The highest BCUT2D eigenvalue weighted by Gasteiger charge is 2.28. The lowest BCUT2D eigenvalue weighted by Crippen LogP contribution is -2.50. The van der Waals surface area contributed by atoms with E-state index < -0.39 is 5.60 Å². The summed E-state index contributed by atoms with van der Waals surface area (Å²) in [6, 6.07) is 2.46. The maximum Gasteiger partial charge on any atom is 0.410 e. The van der Waals surface area contributed by atoms with Crippen LogP contribution in [0.15, 0.2) is 0 Å². The second-order valence-electron chi connectivity index (χ2n) is 8.73. The highest BCUT2D eigenvalue weighted by Crippen LogP contribution is 2.25. The molecule has 3 rings (SSSR count).